The second-order valence-electron chi connectivity index (χ2n) is 6.37. The summed E-state index contributed by atoms with van der Waals surface area (Å²) in [7, 11) is 0. The first-order chi connectivity index (χ1) is 11.7. The molecule has 1 aliphatic rings. The van der Waals surface area contributed by atoms with Gasteiger partial charge in [0.2, 0.25) is 5.71 Å². The van der Waals surface area contributed by atoms with Crippen molar-refractivity contribution in [3.63, 3.8) is 0 Å². The molecule has 0 N–H and O–H groups in total. The van der Waals surface area contributed by atoms with Crippen molar-refractivity contribution in [3.05, 3.63) is 65.5 Å². The molecule has 3 nitrogen and oxygen atoms in total. The monoisotopic (exact) mass is 312 g/mol. The Kier molecular flexibility index (Phi) is 2.69. The molecule has 0 spiro atoms. The van der Waals surface area contributed by atoms with Gasteiger partial charge in [-0.1, -0.05) is 18.2 Å². The fourth-order valence-electron chi connectivity index (χ4n) is 3.62. The second kappa shape index (κ2) is 4.78. The number of rotatable bonds is 1. The predicted octanol–water partition coefficient (Wildman–Crippen LogP) is 5.31. The highest BCUT2D eigenvalue weighted by Crippen LogP contribution is 2.39. The number of allylic oxidation sites excluding steroid dienone is 2. The number of aryl methyl sites for hydroxylation is 1. The minimum absolute atomic E-state index is 0.694. The number of furan rings is 1. The van der Waals surface area contributed by atoms with Gasteiger partial charge in [-0.25, -0.2) is 4.98 Å². The van der Waals surface area contributed by atoms with E-state index in [2.05, 4.69) is 53.3 Å². The van der Waals surface area contributed by atoms with Crippen molar-refractivity contribution in [3.8, 4) is 11.3 Å². The molecule has 0 fully saturated rings. The Hall–Kier alpha value is -2.94. The Labute approximate surface area is 139 Å². The first kappa shape index (κ1) is 13.5. The lowest BCUT2D eigenvalue weighted by Crippen LogP contribution is -1.93. The van der Waals surface area contributed by atoms with E-state index in [1.54, 1.807) is 0 Å². The lowest BCUT2D eigenvalue weighted by atomic mass is 9.99. The highest BCUT2D eigenvalue weighted by molar-refractivity contribution is 6.08. The maximum absolute atomic E-state index is 6.14. The summed E-state index contributed by atoms with van der Waals surface area (Å²) in [6.45, 7) is 4.14. The number of nitrogens with zero attached hydrogens (tertiary/aromatic N) is 2. The summed E-state index contributed by atoms with van der Waals surface area (Å²) in [5.41, 5.74) is 8.49. The first-order valence-corrected chi connectivity index (χ1v) is 8.16. The molecule has 0 aliphatic heterocycles. The summed E-state index contributed by atoms with van der Waals surface area (Å²) in [4.78, 5) is 9.21. The number of hydrogen-bond donors (Lipinski definition) is 0. The predicted molar refractivity (Wildman–Crippen MR) is 96.8 cm³/mol. The maximum atomic E-state index is 6.14. The topological polar surface area (TPSA) is 38.9 Å². The third kappa shape index (κ3) is 1.78. The van der Waals surface area contributed by atoms with E-state index >= 15 is 0 Å². The van der Waals surface area contributed by atoms with E-state index in [4.69, 9.17) is 4.42 Å². The van der Waals surface area contributed by atoms with E-state index in [1.807, 2.05) is 19.2 Å². The lowest BCUT2D eigenvalue weighted by Gasteiger charge is -2.08. The van der Waals surface area contributed by atoms with Gasteiger partial charge in [0.05, 0.1) is 5.69 Å². The molecule has 116 valence electrons. The Bertz CT molecular complexity index is 1150. The van der Waals surface area contributed by atoms with Crippen LogP contribution in [0.25, 0.3) is 38.9 Å². The minimum Gasteiger partial charge on any atom is -0.437 e. The second-order valence-corrected chi connectivity index (χ2v) is 6.37. The number of aromatic nitrogens is 2. The number of para-hydroxylation sites is 1. The Morgan fingerprint density at radius 3 is 2.79 bits per heavy atom. The van der Waals surface area contributed by atoms with Gasteiger partial charge in [-0.15, -0.1) is 0 Å². The van der Waals surface area contributed by atoms with Gasteiger partial charge >= 0.3 is 0 Å². The van der Waals surface area contributed by atoms with Crippen LogP contribution in [0.1, 0.15) is 23.7 Å². The average Bonchev–Trinajstić information content (AvgIpc) is 3.15. The summed E-state index contributed by atoms with van der Waals surface area (Å²) in [6.07, 6.45) is 5.08. The minimum atomic E-state index is 0.694. The highest BCUT2D eigenvalue weighted by atomic mass is 16.3. The van der Waals surface area contributed by atoms with Gasteiger partial charge in [-0.05, 0) is 61.2 Å². The van der Waals surface area contributed by atoms with Gasteiger partial charge in [0.15, 0.2) is 0 Å². The Balaban J connectivity index is 1.84. The highest BCUT2D eigenvalue weighted by Gasteiger charge is 2.20. The molecule has 0 bridgehead atoms. The van der Waals surface area contributed by atoms with Gasteiger partial charge in [0.1, 0.15) is 5.58 Å². The summed E-state index contributed by atoms with van der Waals surface area (Å²) >= 11 is 0. The molecule has 0 unspecified atom stereocenters. The molecule has 0 saturated carbocycles. The fraction of sp³-hybridized carbons (Fsp3) is 0.143. The third-order valence-electron chi connectivity index (χ3n) is 4.85. The van der Waals surface area contributed by atoms with E-state index < -0.39 is 0 Å². The van der Waals surface area contributed by atoms with Crippen LogP contribution in [0, 0.1) is 6.92 Å². The molecule has 0 radical (unpaired) electrons. The summed E-state index contributed by atoms with van der Waals surface area (Å²) in [5, 5.41) is 2.15. The van der Waals surface area contributed by atoms with Crippen molar-refractivity contribution in [2.75, 3.05) is 0 Å². The van der Waals surface area contributed by atoms with Crippen LogP contribution in [0.2, 0.25) is 0 Å². The first-order valence-electron chi connectivity index (χ1n) is 8.16. The Morgan fingerprint density at radius 1 is 0.958 bits per heavy atom. The van der Waals surface area contributed by atoms with Crippen LogP contribution >= 0.6 is 0 Å². The number of hydrogen-bond acceptors (Lipinski definition) is 3. The molecular weight excluding hydrogens is 296 g/mol. The largest absolute Gasteiger partial charge is 0.437 e. The summed E-state index contributed by atoms with van der Waals surface area (Å²) in [6, 6.07) is 12.5. The molecule has 3 heteroatoms. The van der Waals surface area contributed by atoms with Gasteiger partial charge in [0.25, 0.3) is 0 Å². The Morgan fingerprint density at radius 2 is 1.88 bits per heavy atom. The lowest BCUT2D eigenvalue weighted by molar-refractivity contribution is 0.653. The SMILES string of the molecule is CC1=CCc2c1ccnc2-c1cccc2c1oc1nc(C)ccc12. The van der Waals surface area contributed by atoms with Gasteiger partial charge in [-0.2, -0.15) is 0 Å². The third-order valence-corrected chi connectivity index (χ3v) is 4.85. The van der Waals surface area contributed by atoms with Crippen molar-refractivity contribution in [2.24, 2.45) is 0 Å². The van der Waals surface area contributed by atoms with Crippen molar-refractivity contribution < 1.29 is 4.42 Å². The number of pyridine rings is 2. The number of fused-ring (bicyclic) bond motifs is 4. The van der Waals surface area contributed by atoms with Crippen molar-refractivity contribution in [2.45, 2.75) is 20.3 Å². The van der Waals surface area contributed by atoms with Crippen LogP contribution in [0.15, 0.2) is 53.1 Å². The standard InChI is InChI=1S/C21H16N2O/c1-12-6-8-15-14(12)10-11-22-19(15)18-5-3-4-16-17-9-7-13(2)23-21(17)24-20(16)18/h3-7,9-11H,8H2,1-2H3. The molecule has 4 aromatic rings. The molecule has 0 amide bonds. The molecule has 0 atom stereocenters. The van der Waals surface area contributed by atoms with Crippen LogP contribution in [0.4, 0.5) is 0 Å². The van der Waals surface area contributed by atoms with E-state index in [1.165, 1.54) is 16.7 Å². The summed E-state index contributed by atoms with van der Waals surface area (Å²) in [5.74, 6) is 0. The zero-order valence-electron chi connectivity index (χ0n) is 13.6. The summed E-state index contributed by atoms with van der Waals surface area (Å²) < 4.78 is 6.14. The molecule has 3 aromatic heterocycles. The van der Waals surface area contributed by atoms with E-state index in [-0.39, 0.29) is 0 Å². The van der Waals surface area contributed by atoms with Crippen molar-refractivity contribution in [1.29, 1.82) is 0 Å². The molecule has 24 heavy (non-hydrogen) atoms. The molecule has 5 rings (SSSR count). The molecule has 0 saturated heterocycles. The smallest absolute Gasteiger partial charge is 0.227 e. The maximum Gasteiger partial charge on any atom is 0.227 e. The number of benzene rings is 1. The molecule has 3 heterocycles. The van der Waals surface area contributed by atoms with Crippen molar-refractivity contribution >= 4 is 27.6 Å². The van der Waals surface area contributed by atoms with Crippen LogP contribution in [-0.2, 0) is 6.42 Å². The van der Waals surface area contributed by atoms with E-state index in [0.29, 0.717) is 5.71 Å². The zero-order chi connectivity index (χ0) is 16.3. The van der Waals surface area contributed by atoms with Gasteiger partial charge in [-0.3, -0.25) is 4.98 Å². The van der Waals surface area contributed by atoms with Crippen molar-refractivity contribution in [1.82, 2.24) is 9.97 Å². The normalized spacial score (nSPS) is 13.5. The molecular formula is C21H16N2O. The zero-order valence-corrected chi connectivity index (χ0v) is 13.6. The van der Waals surface area contributed by atoms with Crippen LogP contribution in [0.5, 0.6) is 0 Å². The van der Waals surface area contributed by atoms with Gasteiger partial charge in [0, 0.05) is 28.2 Å². The van der Waals surface area contributed by atoms with Gasteiger partial charge < -0.3 is 4.42 Å². The molecule has 1 aromatic carbocycles. The molecule has 1 aliphatic carbocycles. The quantitative estimate of drug-likeness (QED) is 0.478. The van der Waals surface area contributed by atoms with Crippen LogP contribution in [-0.4, -0.2) is 9.97 Å². The fourth-order valence-corrected chi connectivity index (χ4v) is 3.62. The average molecular weight is 312 g/mol. The van der Waals surface area contributed by atoms with Crippen LogP contribution in [0.3, 0.4) is 0 Å². The van der Waals surface area contributed by atoms with E-state index in [9.17, 15) is 0 Å². The van der Waals surface area contributed by atoms with E-state index in [0.717, 1.165) is 39.7 Å². The van der Waals surface area contributed by atoms with Crippen LogP contribution < -0.4 is 0 Å².